The molecule has 0 aromatic rings. The van der Waals surface area contributed by atoms with Gasteiger partial charge in [0.2, 0.25) is 0 Å². The lowest BCUT2D eigenvalue weighted by molar-refractivity contribution is 0.213. The van der Waals surface area contributed by atoms with Crippen LogP contribution in [0.2, 0.25) is 0 Å². The molecule has 0 aromatic carbocycles. The van der Waals surface area contributed by atoms with Gasteiger partial charge in [-0.2, -0.15) is 0 Å². The molecule has 2 nitrogen and oxygen atoms in total. The third-order valence-corrected chi connectivity index (χ3v) is 4.91. The van der Waals surface area contributed by atoms with Gasteiger partial charge in [-0.3, -0.25) is 0 Å². The number of likely N-dealkylation sites (tertiary alicyclic amines) is 2. The van der Waals surface area contributed by atoms with Gasteiger partial charge >= 0.3 is 0 Å². The number of hydrogen-bond acceptors (Lipinski definition) is 2. The zero-order valence-corrected chi connectivity index (χ0v) is 13.1. The minimum atomic E-state index is 0.876. The summed E-state index contributed by atoms with van der Waals surface area (Å²) in [6.45, 7) is 10.6. The van der Waals surface area contributed by atoms with Crippen LogP contribution in [0.5, 0.6) is 0 Å². The van der Waals surface area contributed by atoms with E-state index in [0.717, 1.165) is 5.92 Å². The summed E-state index contributed by atoms with van der Waals surface area (Å²) in [5, 5.41) is 0. The fourth-order valence-electron chi connectivity index (χ4n) is 3.61. The first kappa shape index (κ1) is 15.3. The van der Waals surface area contributed by atoms with Crippen molar-refractivity contribution in [1.29, 1.82) is 0 Å². The molecular weight excluding hydrogens is 232 g/mol. The summed E-state index contributed by atoms with van der Waals surface area (Å²) >= 11 is 0. The Morgan fingerprint density at radius 1 is 0.684 bits per heavy atom. The summed E-state index contributed by atoms with van der Waals surface area (Å²) in [5.74, 6) is 0.876. The minimum absolute atomic E-state index is 0.876. The Bertz CT molecular complexity index is 213. The van der Waals surface area contributed by atoms with E-state index in [2.05, 4.69) is 16.7 Å². The summed E-state index contributed by atoms with van der Waals surface area (Å²) in [6, 6.07) is 0. The van der Waals surface area contributed by atoms with E-state index in [1.807, 2.05) is 0 Å². The monoisotopic (exact) mass is 266 g/mol. The van der Waals surface area contributed by atoms with E-state index in [1.54, 1.807) is 0 Å². The van der Waals surface area contributed by atoms with Gasteiger partial charge in [0.15, 0.2) is 0 Å². The summed E-state index contributed by atoms with van der Waals surface area (Å²) < 4.78 is 0. The fraction of sp³-hybridized carbons (Fsp3) is 1.00. The normalized spacial score (nSPS) is 25.7. The Kier molecular flexibility index (Phi) is 7.23. The van der Waals surface area contributed by atoms with E-state index < -0.39 is 0 Å². The van der Waals surface area contributed by atoms with E-state index in [4.69, 9.17) is 0 Å². The molecule has 1 unspecified atom stereocenters. The number of hydrogen-bond donors (Lipinski definition) is 0. The van der Waals surface area contributed by atoms with Crippen molar-refractivity contribution < 1.29 is 0 Å². The molecule has 2 rings (SSSR count). The molecule has 2 aliphatic rings. The van der Waals surface area contributed by atoms with Gasteiger partial charge in [0, 0.05) is 6.54 Å². The number of nitrogens with zero attached hydrogens (tertiary/aromatic N) is 2. The van der Waals surface area contributed by atoms with Crippen molar-refractivity contribution in [3.63, 3.8) is 0 Å². The lowest BCUT2D eigenvalue weighted by atomic mass is 10.1. The van der Waals surface area contributed by atoms with Crippen LogP contribution in [0, 0.1) is 5.92 Å². The molecule has 0 amide bonds. The zero-order valence-electron chi connectivity index (χ0n) is 13.1. The van der Waals surface area contributed by atoms with E-state index in [9.17, 15) is 0 Å². The molecule has 19 heavy (non-hydrogen) atoms. The van der Waals surface area contributed by atoms with Gasteiger partial charge in [0.25, 0.3) is 0 Å². The molecule has 1 atom stereocenters. The molecule has 2 fully saturated rings. The van der Waals surface area contributed by atoms with Crippen LogP contribution in [0.1, 0.15) is 64.7 Å². The molecule has 0 aromatic heterocycles. The van der Waals surface area contributed by atoms with E-state index >= 15 is 0 Å². The lowest BCUT2D eigenvalue weighted by Gasteiger charge is -2.26. The zero-order chi connectivity index (χ0) is 13.3. The standard InChI is InChI=1S/C17H34N2/c1-17(16-19-13-8-4-5-9-14-19)10-15-18-11-6-2-3-7-12-18/h17H,2-16H2,1H3. The highest BCUT2D eigenvalue weighted by molar-refractivity contribution is 4.69. The molecular formula is C17H34N2. The molecule has 112 valence electrons. The topological polar surface area (TPSA) is 6.48 Å². The maximum Gasteiger partial charge on any atom is 0.000749 e. The Morgan fingerprint density at radius 3 is 1.68 bits per heavy atom. The van der Waals surface area contributed by atoms with Crippen LogP contribution in [-0.2, 0) is 0 Å². The molecule has 0 saturated carbocycles. The highest BCUT2D eigenvalue weighted by Gasteiger charge is 2.14. The third-order valence-electron chi connectivity index (χ3n) is 4.91. The van der Waals surface area contributed by atoms with Crippen molar-refractivity contribution in [2.45, 2.75) is 64.7 Å². The van der Waals surface area contributed by atoms with Gasteiger partial charge in [0.1, 0.15) is 0 Å². The predicted octanol–water partition coefficient (Wildman–Crippen LogP) is 3.76. The molecule has 2 heterocycles. The van der Waals surface area contributed by atoms with Gasteiger partial charge < -0.3 is 9.80 Å². The van der Waals surface area contributed by atoms with Crippen molar-refractivity contribution in [3.8, 4) is 0 Å². The summed E-state index contributed by atoms with van der Waals surface area (Å²) in [6.07, 6.45) is 13.0. The van der Waals surface area contributed by atoms with Crippen LogP contribution >= 0.6 is 0 Å². The minimum Gasteiger partial charge on any atom is -0.303 e. The second-order valence-electron chi connectivity index (χ2n) is 6.86. The summed E-state index contributed by atoms with van der Waals surface area (Å²) in [5.41, 5.74) is 0. The number of rotatable bonds is 5. The third kappa shape index (κ3) is 6.27. The Labute approximate surface area is 120 Å². The van der Waals surface area contributed by atoms with Gasteiger partial charge in [-0.05, 0) is 70.7 Å². The first-order valence-corrected chi connectivity index (χ1v) is 8.79. The van der Waals surface area contributed by atoms with E-state index in [0.29, 0.717) is 0 Å². The predicted molar refractivity (Wildman–Crippen MR) is 83.6 cm³/mol. The van der Waals surface area contributed by atoms with Gasteiger partial charge in [0.05, 0.1) is 0 Å². The van der Waals surface area contributed by atoms with E-state index in [1.165, 1.54) is 97.1 Å². The van der Waals surface area contributed by atoms with Crippen LogP contribution in [0.4, 0.5) is 0 Å². The van der Waals surface area contributed by atoms with Gasteiger partial charge in [-0.25, -0.2) is 0 Å². The lowest BCUT2D eigenvalue weighted by Crippen LogP contribution is -2.32. The maximum atomic E-state index is 2.72. The Hall–Kier alpha value is -0.0800. The first-order chi connectivity index (χ1) is 9.34. The van der Waals surface area contributed by atoms with Crippen LogP contribution in [0.3, 0.4) is 0 Å². The molecule has 0 bridgehead atoms. The average molecular weight is 266 g/mol. The fourth-order valence-corrected chi connectivity index (χ4v) is 3.61. The first-order valence-electron chi connectivity index (χ1n) is 8.79. The summed E-state index contributed by atoms with van der Waals surface area (Å²) in [4.78, 5) is 5.44. The smallest absolute Gasteiger partial charge is 0.000749 e. The molecule has 0 radical (unpaired) electrons. The summed E-state index contributed by atoms with van der Waals surface area (Å²) in [7, 11) is 0. The van der Waals surface area contributed by atoms with Crippen molar-refractivity contribution in [3.05, 3.63) is 0 Å². The second kappa shape index (κ2) is 8.97. The van der Waals surface area contributed by atoms with Crippen molar-refractivity contribution >= 4 is 0 Å². The molecule has 0 N–H and O–H groups in total. The SMILES string of the molecule is CC(CCN1CCCCCC1)CN1CCCCCC1. The molecule has 0 aliphatic carbocycles. The molecule has 2 aliphatic heterocycles. The van der Waals surface area contributed by atoms with Crippen LogP contribution < -0.4 is 0 Å². The highest BCUT2D eigenvalue weighted by atomic mass is 15.1. The molecule has 2 saturated heterocycles. The van der Waals surface area contributed by atoms with Crippen LogP contribution in [0.25, 0.3) is 0 Å². The maximum absolute atomic E-state index is 2.72. The highest BCUT2D eigenvalue weighted by Crippen LogP contribution is 2.15. The second-order valence-corrected chi connectivity index (χ2v) is 6.86. The largest absolute Gasteiger partial charge is 0.303 e. The van der Waals surface area contributed by atoms with Crippen molar-refractivity contribution in [2.75, 3.05) is 39.3 Å². The molecule has 2 heteroatoms. The van der Waals surface area contributed by atoms with Crippen molar-refractivity contribution in [2.24, 2.45) is 5.92 Å². The Balaban J connectivity index is 1.61. The average Bonchev–Trinajstić information content (AvgIpc) is 2.80. The quantitative estimate of drug-likeness (QED) is 0.747. The Morgan fingerprint density at radius 2 is 1.16 bits per heavy atom. The molecule has 0 spiro atoms. The van der Waals surface area contributed by atoms with E-state index in [-0.39, 0.29) is 0 Å². The van der Waals surface area contributed by atoms with Crippen LogP contribution in [-0.4, -0.2) is 49.1 Å². The van der Waals surface area contributed by atoms with Gasteiger partial charge in [-0.15, -0.1) is 0 Å². The van der Waals surface area contributed by atoms with Gasteiger partial charge in [-0.1, -0.05) is 32.6 Å². The van der Waals surface area contributed by atoms with Crippen molar-refractivity contribution in [1.82, 2.24) is 9.80 Å². The van der Waals surface area contributed by atoms with Crippen LogP contribution in [0.15, 0.2) is 0 Å².